The molecule has 0 rings (SSSR count). The van der Waals surface area contributed by atoms with Crippen LogP contribution in [-0.4, -0.2) is 47.3 Å². The van der Waals surface area contributed by atoms with Gasteiger partial charge in [-0.3, -0.25) is 9.59 Å². The minimum Gasteiger partial charge on any atom is -0.480 e. The summed E-state index contributed by atoms with van der Waals surface area (Å²) in [7, 11) is 0. The van der Waals surface area contributed by atoms with E-state index in [1.165, 1.54) is 6.92 Å². The number of rotatable bonds is 10. The van der Waals surface area contributed by atoms with Crippen molar-refractivity contribution in [2.45, 2.75) is 38.3 Å². The van der Waals surface area contributed by atoms with Crippen LogP contribution in [0.2, 0.25) is 0 Å². The molecule has 0 aliphatic carbocycles. The topological polar surface area (TPSA) is 131 Å². The van der Waals surface area contributed by atoms with E-state index in [0.29, 0.717) is 25.8 Å². The molecule has 0 aliphatic rings. The van der Waals surface area contributed by atoms with E-state index >= 15 is 0 Å². The van der Waals surface area contributed by atoms with Gasteiger partial charge in [-0.25, -0.2) is 4.79 Å². The second-order valence-corrected chi connectivity index (χ2v) is 4.56. The van der Waals surface area contributed by atoms with Crippen LogP contribution in [0.3, 0.4) is 0 Å². The summed E-state index contributed by atoms with van der Waals surface area (Å²) in [6.45, 7) is 1.67. The number of nitrogens with two attached hydrogens (primary N) is 1. The number of carbonyl (C=O) groups is 3. The minimum atomic E-state index is -1.03. The van der Waals surface area contributed by atoms with Crippen LogP contribution in [0, 0.1) is 0 Å². The Balaban J connectivity index is 3.70. The Morgan fingerprint density at radius 2 is 2.00 bits per heavy atom. The molecule has 0 fully saturated rings. The molecule has 0 aromatic rings. The fourth-order valence-corrected chi connectivity index (χ4v) is 1.54. The van der Waals surface area contributed by atoms with Crippen LogP contribution < -0.4 is 16.5 Å². The van der Waals surface area contributed by atoms with Crippen LogP contribution in [-0.2, 0) is 19.2 Å². The Morgan fingerprint density at radius 1 is 1.35 bits per heavy atom. The first-order valence-electron chi connectivity index (χ1n) is 6.18. The van der Waals surface area contributed by atoms with E-state index < -0.39 is 24.0 Å². The molecule has 0 bridgehead atoms. The molecule has 0 radical (unpaired) electrons. The number of nitrogens with one attached hydrogen (secondary N) is 2. The average Bonchev–Trinajstić information content (AvgIpc) is 2.38. The van der Waals surface area contributed by atoms with Crippen molar-refractivity contribution in [3.8, 4) is 0 Å². The van der Waals surface area contributed by atoms with Gasteiger partial charge in [0.15, 0.2) is 0 Å². The standard InChI is InChI=1S/C11H21N3O5S/c1-7(15)14-9(6-20)11(18)19-13-5-3-2-4-8(12)10(16)17/h8-9,13,20H,2-6,12H2,1H3,(H,14,15)(H,16,17)/t8-,9-/m0/s1. The van der Waals surface area contributed by atoms with Crippen molar-refractivity contribution < 1.29 is 24.3 Å². The Kier molecular flexibility index (Phi) is 9.77. The zero-order chi connectivity index (χ0) is 15.5. The maximum atomic E-state index is 11.5. The Hall–Kier alpha value is -1.32. The number of hydroxylamine groups is 1. The van der Waals surface area contributed by atoms with Crippen molar-refractivity contribution >= 4 is 30.5 Å². The molecule has 0 saturated carbocycles. The molecule has 0 aliphatic heterocycles. The van der Waals surface area contributed by atoms with Gasteiger partial charge in [-0.2, -0.15) is 18.1 Å². The number of thiol groups is 1. The molecular weight excluding hydrogens is 286 g/mol. The van der Waals surface area contributed by atoms with Crippen molar-refractivity contribution in [2.24, 2.45) is 5.73 Å². The summed E-state index contributed by atoms with van der Waals surface area (Å²) in [5.41, 5.74) is 7.78. The number of carboxylic acid groups (broad SMARTS) is 1. The molecule has 116 valence electrons. The SMILES string of the molecule is CC(=O)N[C@@H](CS)C(=O)ONCCCC[C@H](N)C(=O)O. The fraction of sp³-hybridized carbons (Fsp3) is 0.727. The number of carboxylic acids is 1. The van der Waals surface area contributed by atoms with Crippen molar-refractivity contribution in [1.29, 1.82) is 0 Å². The Morgan fingerprint density at radius 3 is 2.50 bits per heavy atom. The normalized spacial score (nSPS) is 13.3. The van der Waals surface area contributed by atoms with Crippen LogP contribution in [0.25, 0.3) is 0 Å². The van der Waals surface area contributed by atoms with Crippen LogP contribution in [0.4, 0.5) is 0 Å². The van der Waals surface area contributed by atoms with E-state index in [0.717, 1.165) is 0 Å². The molecule has 8 nitrogen and oxygen atoms in total. The first kappa shape index (κ1) is 18.7. The Labute approximate surface area is 122 Å². The largest absolute Gasteiger partial charge is 0.480 e. The smallest absolute Gasteiger partial charge is 0.348 e. The van der Waals surface area contributed by atoms with Gasteiger partial charge < -0.3 is 21.0 Å². The highest BCUT2D eigenvalue weighted by Crippen LogP contribution is 1.98. The van der Waals surface area contributed by atoms with Gasteiger partial charge >= 0.3 is 11.9 Å². The van der Waals surface area contributed by atoms with E-state index in [2.05, 4.69) is 23.4 Å². The number of unbranched alkanes of at least 4 members (excludes halogenated alkanes) is 1. The summed E-state index contributed by atoms with van der Waals surface area (Å²) in [6, 6.07) is -1.67. The lowest BCUT2D eigenvalue weighted by molar-refractivity contribution is -0.154. The van der Waals surface area contributed by atoms with Crippen molar-refractivity contribution in [3.63, 3.8) is 0 Å². The molecule has 5 N–H and O–H groups in total. The number of aliphatic carboxylic acids is 1. The number of amides is 1. The summed E-state index contributed by atoms with van der Waals surface area (Å²) in [5, 5.41) is 11.0. The predicted octanol–water partition coefficient (Wildman–Crippen LogP) is -0.949. The van der Waals surface area contributed by atoms with E-state index in [1.807, 2.05) is 0 Å². The molecule has 0 saturated heterocycles. The highest BCUT2D eigenvalue weighted by atomic mass is 32.1. The summed E-state index contributed by atoms with van der Waals surface area (Å²) in [6.07, 6.45) is 1.57. The lowest BCUT2D eigenvalue weighted by atomic mass is 10.1. The number of hydrogen-bond acceptors (Lipinski definition) is 7. The maximum absolute atomic E-state index is 11.5. The Bertz CT molecular complexity index is 340. The maximum Gasteiger partial charge on any atom is 0.348 e. The third-order valence-corrected chi connectivity index (χ3v) is 2.74. The molecular formula is C11H21N3O5S. The van der Waals surface area contributed by atoms with Gasteiger partial charge in [0.2, 0.25) is 5.91 Å². The summed E-state index contributed by atoms with van der Waals surface area (Å²) < 4.78 is 0. The highest BCUT2D eigenvalue weighted by Gasteiger charge is 2.19. The minimum absolute atomic E-state index is 0.132. The summed E-state index contributed by atoms with van der Waals surface area (Å²) >= 11 is 3.94. The monoisotopic (exact) mass is 307 g/mol. The first-order valence-corrected chi connectivity index (χ1v) is 6.81. The molecule has 9 heteroatoms. The quantitative estimate of drug-likeness (QED) is 0.200. The fourth-order valence-electron chi connectivity index (χ4n) is 1.30. The van der Waals surface area contributed by atoms with Crippen molar-refractivity contribution in [1.82, 2.24) is 10.8 Å². The lowest BCUT2D eigenvalue weighted by Gasteiger charge is -2.14. The summed E-state index contributed by atoms with van der Waals surface area (Å²) in [4.78, 5) is 37.5. The van der Waals surface area contributed by atoms with Gasteiger partial charge in [-0.05, 0) is 19.3 Å². The average molecular weight is 307 g/mol. The molecule has 0 unspecified atom stereocenters. The molecule has 0 aromatic carbocycles. The molecule has 1 amide bonds. The molecule has 0 heterocycles. The van der Waals surface area contributed by atoms with E-state index in [1.54, 1.807) is 0 Å². The highest BCUT2D eigenvalue weighted by molar-refractivity contribution is 7.80. The van der Waals surface area contributed by atoms with E-state index in [9.17, 15) is 14.4 Å². The van der Waals surface area contributed by atoms with Gasteiger partial charge in [0.1, 0.15) is 12.1 Å². The van der Waals surface area contributed by atoms with Gasteiger partial charge in [0.05, 0.1) is 0 Å². The van der Waals surface area contributed by atoms with Gasteiger partial charge in [-0.1, -0.05) is 0 Å². The third kappa shape index (κ3) is 8.73. The summed E-state index contributed by atoms with van der Waals surface area (Å²) in [5.74, 6) is -1.87. The van der Waals surface area contributed by atoms with Crippen LogP contribution in [0.15, 0.2) is 0 Å². The third-order valence-electron chi connectivity index (χ3n) is 2.38. The van der Waals surface area contributed by atoms with Gasteiger partial charge in [0.25, 0.3) is 0 Å². The van der Waals surface area contributed by atoms with E-state index in [4.69, 9.17) is 15.7 Å². The lowest BCUT2D eigenvalue weighted by Crippen LogP contribution is -2.44. The van der Waals surface area contributed by atoms with Gasteiger partial charge in [0, 0.05) is 19.2 Å². The predicted molar refractivity (Wildman–Crippen MR) is 75.0 cm³/mol. The number of hydrogen-bond donors (Lipinski definition) is 5. The van der Waals surface area contributed by atoms with Crippen LogP contribution >= 0.6 is 12.6 Å². The molecule has 0 aromatic heterocycles. The number of carbonyl (C=O) groups excluding carboxylic acids is 2. The zero-order valence-electron chi connectivity index (χ0n) is 11.3. The van der Waals surface area contributed by atoms with Crippen molar-refractivity contribution in [2.75, 3.05) is 12.3 Å². The zero-order valence-corrected chi connectivity index (χ0v) is 12.2. The second kappa shape index (κ2) is 10.5. The molecule has 20 heavy (non-hydrogen) atoms. The van der Waals surface area contributed by atoms with Crippen LogP contribution in [0.5, 0.6) is 0 Å². The second-order valence-electron chi connectivity index (χ2n) is 4.19. The van der Waals surface area contributed by atoms with Gasteiger partial charge in [-0.15, -0.1) is 0 Å². The van der Waals surface area contributed by atoms with E-state index in [-0.39, 0.29) is 11.7 Å². The molecule has 2 atom stereocenters. The van der Waals surface area contributed by atoms with Crippen molar-refractivity contribution in [3.05, 3.63) is 0 Å². The van der Waals surface area contributed by atoms with Crippen LogP contribution in [0.1, 0.15) is 26.2 Å². The molecule has 0 spiro atoms. The first-order chi connectivity index (χ1) is 9.38.